The van der Waals surface area contributed by atoms with Crippen LogP contribution in [0.5, 0.6) is 0 Å². The van der Waals surface area contributed by atoms with Crippen molar-refractivity contribution in [3.05, 3.63) is 38.3 Å². The molecule has 7 heteroatoms. The minimum Gasteiger partial charge on any atom is -0.327 e. The van der Waals surface area contributed by atoms with Gasteiger partial charge in [-0.3, -0.25) is 13.9 Å². The van der Waals surface area contributed by atoms with E-state index < -0.39 is 0 Å². The summed E-state index contributed by atoms with van der Waals surface area (Å²) < 4.78 is 4.56. The van der Waals surface area contributed by atoms with Gasteiger partial charge in [0.2, 0.25) is 0 Å². The van der Waals surface area contributed by atoms with E-state index in [-0.39, 0.29) is 23.2 Å². The van der Waals surface area contributed by atoms with E-state index in [1.54, 1.807) is 7.05 Å². The number of aryl methyl sites for hydroxylation is 1. The average molecular weight is 345 g/mol. The summed E-state index contributed by atoms with van der Waals surface area (Å²) in [6.45, 7) is 4.61. The molecule has 2 unspecified atom stereocenters. The Morgan fingerprint density at radius 1 is 1.20 bits per heavy atom. The van der Waals surface area contributed by atoms with E-state index in [0.717, 1.165) is 36.1 Å². The van der Waals surface area contributed by atoms with Crippen molar-refractivity contribution < 1.29 is 0 Å². The van der Waals surface area contributed by atoms with Crippen LogP contribution in [-0.2, 0) is 20.6 Å². The van der Waals surface area contributed by atoms with Crippen LogP contribution in [0, 0.1) is 0 Å². The maximum absolute atomic E-state index is 12.8. The Hall–Kier alpha value is -2.15. The second kappa shape index (κ2) is 6.63. The van der Waals surface area contributed by atoms with E-state index in [2.05, 4.69) is 6.08 Å². The van der Waals surface area contributed by atoms with E-state index >= 15 is 0 Å². The summed E-state index contributed by atoms with van der Waals surface area (Å²) in [6, 6.07) is 0.0388. The number of aromatic nitrogens is 4. The summed E-state index contributed by atoms with van der Waals surface area (Å²) in [5.41, 5.74) is 7.81. The standard InChI is InChI=1S/C18H27N5O2/c1-11(2)9-10-23-14-16(21(3)18(25)22(4)17(14)24)20-15(23)12-7-5-6-8-13(12)19/h9,12-13H,5-8,10,19H2,1-4H3. The molecule has 2 aromatic rings. The van der Waals surface area contributed by atoms with Crippen LogP contribution in [0.2, 0.25) is 0 Å². The van der Waals surface area contributed by atoms with Crippen molar-refractivity contribution in [2.75, 3.05) is 0 Å². The molecular weight excluding hydrogens is 318 g/mol. The number of imidazole rings is 1. The lowest BCUT2D eigenvalue weighted by atomic mass is 9.84. The molecule has 7 nitrogen and oxygen atoms in total. The van der Waals surface area contributed by atoms with Gasteiger partial charge in [0.1, 0.15) is 5.82 Å². The minimum atomic E-state index is -0.358. The average Bonchev–Trinajstić information content (AvgIpc) is 2.96. The molecule has 1 aliphatic carbocycles. The monoisotopic (exact) mass is 345 g/mol. The molecule has 2 atom stereocenters. The Morgan fingerprint density at radius 3 is 2.52 bits per heavy atom. The van der Waals surface area contributed by atoms with Crippen molar-refractivity contribution in [3.8, 4) is 0 Å². The van der Waals surface area contributed by atoms with E-state index in [1.807, 2.05) is 18.4 Å². The molecule has 1 fully saturated rings. The third-order valence-electron chi connectivity index (χ3n) is 5.21. The van der Waals surface area contributed by atoms with Crippen molar-refractivity contribution >= 4 is 11.2 Å². The molecule has 0 spiro atoms. The molecule has 0 aliphatic heterocycles. The van der Waals surface area contributed by atoms with Gasteiger partial charge in [-0.2, -0.15) is 0 Å². The molecule has 2 aromatic heterocycles. The lowest BCUT2D eigenvalue weighted by Crippen LogP contribution is -2.37. The SMILES string of the molecule is CC(C)=CCn1c(C2CCCCC2N)nc2c1c(=O)n(C)c(=O)n2C. The first kappa shape index (κ1) is 17.7. The van der Waals surface area contributed by atoms with Gasteiger partial charge in [-0.15, -0.1) is 0 Å². The molecule has 0 amide bonds. The van der Waals surface area contributed by atoms with Gasteiger partial charge < -0.3 is 10.3 Å². The summed E-state index contributed by atoms with van der Waals surface area (Å²) in [5, 5.41) is 0. The number of hydrogen-bond acceptors (Lipinski definition) is 4. The fourth-order valence-corrected chi connectivity index (χ4v) is 3.69. The predicted molar refractivity (Wildman–Crippen MR) is 98.8 cm³/mol. The highest BCUT2D eigenvalue weighted by atomic mass is 16.2. The Bertz CT molecular complexity index is 943. The molecule has 1 saturated carbocycles. The highest BCUT2D eigenvalue weighted by Gasteiger charge is 2.30. The second-order valence-electron chi connectivity index (χ2n) is 7.29. The summed E-state index contributed by atoms with van der Waals surface area (Å²) in [6.07, 6.45) is 6.25. The molecular formula is C18H27N5O2. The summed E-state index contributed by atoms with van der Waals surface area (Å²) in [7, 11) is 3.17. The first-order chi connectivity index (χ1) is 11.8. The van der Waals surface area contributed by atoms with Gasteiger partial charge in [0.15, 0.2) is 11.2 Å². The third kappa shape index (κ3) is 2.97. The van der Waals surface area contributed by atoms with Crippen LogP contribution in [0.15, 0.2) is 21.2 Å². The van der Waals surface area contributed by atoms with Crippen LogP contribution in [0.1, 0.15) is 51.3 Å². The number of hydrogen-bond donors (Lipinski definition) is 1. The molecule has 0 aromatic carbocycles. The number of allylic oxidation sites excluding steroid dienone is 2. The zero-order valence-corrected chi connectivity index (χ0v) is 15.5. The maximum Gasteiger partial charge on any atom is 0.332 e. The van der Waals surface area contributed by atoms with Crippen molar-refractivity contribution in [3.63, 3.8) is 0 Å². The first-order valence-corrected chi connectivity index (χ1v) is 8.88. The smallest absolute Gasteiger partial charge is 0.327 e. The van der Waals surface area contributed by atoms with Crippen LogP contribution in [0.25, 0.3) is 11.2 Å². The van der Waals surface area contributed by atoms with Crippen molar-refractivity contribution in [2.45, 2.75) is 58.0 Å². The molecule has 3 rings (SSSR count). The second-order valence-corrected chi connectivity index (χ2v) is 7.29. The van der Waals surface area contributed by atoms with Crippen molar-refractivity contribution in [1.29, 1.82) is 0 Å². The van der Waals surface area contributed by atoms with E-state index in [1.165, 1.54) is 17.2 Å². The molecule has 25 heavy (non-hydrogen) atoms. The van der Waals surface area contributed by atoms with Crippen molar-refractivity contribution in [1.82, 2.24) is 18.7 Å². The predicted octanol–water partition coefficient (Wildman–Crippen LogP) is 1.38. The van der Waals surface area contributed by atoms with Gasteiger partial charge >= 0.3 is 5.69 Å². The van der Waals surface area contributed by atoms with E-state index in [9.17, 15) is 9.59 Å². The fraction of sp³-hybridized carbons (Fsp3) is 0.611. The Balaban J connectivity index is 2.32. The minimum absolute atomic E-state index is 0.0388. The van der Waals surface area contributed by atoms with Gasteiger partial charge in [0.05, 0.1) is 0 Å². The van der Waals surface area contributed by atoms with Crippen molar-refractivity contribution in [2.24, 2.45) is 19.8 Å². The molecule has 0 radical (unpaired) electrons. The van der Waals surface area contributed by atoms with Crippen LogP contribution in [-0.4, -0.2) is 24.7 Å². The van der Waals surface area contributed by atoms with Gasteiger partial charge in [-0.1, -0.05) is 24.5 Å². The largest absolute Gasteiger partial charge is 0.332 e. The zero-order chi connectivity index (χ0) is 18.3. The molecule has 1 aliphatic rings. The highest BCUT2D eigenvalue weighted by molar-refractivity contribution is 5.71. The van der Waals surface area contributed by atoms with Crippen LogP contribution < -0.4 is 17.0 Å². The first-order valence-electron chi connectivity index (χ1n) is 8.88. The summed E-state index contributed by atoms with van der Waals surface area (Å²) in [4.78, 5) is 29.8. The van der Waals surface area contributed by atoms with Gasteiger partial charge in [0, 0.05) is 32.6 Å². The summed E-state index contributed by atoms with van der Waals surface area (Å²) >= 11 is 0. The molecule has 136 valence electrons. The molecule has 0 saturated heterocycles. The van der Waals surface area contributed by atoms with Gasteiger partial charge in [0.25, 0.3) is 5.56 Å². The van der Waals surface area contributed by atoms with Crippen LogP contribution in [0.4, 0.5) is 0 Å². The number of rotatable bonds is 3. The number of nitrogens with zero attached hydrogens (tertiary/aromatic N) is 4. The Morgan fingerprint density at radius 2 is 1.88 bits per heavy atom. The lowest BCUT2D eigenvalue weighted by Gasteiger charge is -2.28. The van der Waals surface area contributed by atoms with Crippen LogP contribution in [0.3, 0.4) is 0 Å². The fourth-order valence-electron chi connectivity index (χ4n) is 3.69. The third-order valence-corrected chi connectivity index (χ3v) is 5.21. The normalized spacial score (nSPS) is 20.8. The topological polar surface area (TPSA) is 87.8 Å². The zero-order valence-electron chi connectivity index (χ0n) is 15.5. The quantitative estimate of drug-likeness (QED) is 0.852. The Kier molecular flexibility index (Phi) is 4.69. The maximum atomic E-state index is 12.8. The number of fused-ring (bicyclic) bond motifs is 1. The highest BCUT2D eigenvalue weighted by Crippen LogP contribution is 2.32. The van der Waals surface area contributed by atoms with E-state index in [4.69, 9.17) is 10.7 Å². The van der Waals surface area contributed by atoms with Crippen LogP contribution >= 0.6 is 0 Å². The van der Waals surface area contributed by atoms with Gasteiger partial charge in [-0.05, 0) is 26.7 Å². The van der Waals surface area contributed by atoms with Gasteiger partial charge in [-0.25, -0.2) is 9.78 Å². The summed E-state index contributed by atoms with van der Waals surface area (Å²) in [5.74, 6) is 0.949. The Labute approximate surface area is 146 Å². The lowest BCUT2D eigenvalue weighted by molar-refractivity contribution is 0.367. The van der Waals surface area contributed by atoms with E-state index in [0.29, 0.717) is 17.7 Å². The molecule has 2 N–H and O–H groups in total. The molecule has 2 heterocycles. The molecule has 0 bridgehead atoms. The number of nitrogens with two attached hydrogens (primary N) is 1.